The lowest BCUT2D eigenvalue weighted by molar-refractivity contribution is -0.137. The van der Waals surface area contributed by atoms with E-state index in [1.54, 1.807) is 0 Å². The number of aliphatic hydroxyl groups is 1. The number of hydrogen-bond donors (Lipinski definition) is 1. The van der Waals surface area contributed by atoms with Crippen molar-refractivity contribution < 1.29 is 18.3 Å². The summed E-state index contributed by atoms with van der Waals surface area (Å²) >= 11 is 0. The summed E-state index contributed by atoms with van der Waals surface area (Å²) < 4.78 is 36.6. The molecule has 1 aromatic heterocycles. The molecule has 1 aromatic rings. The molecule has 1 N–H and O–H groups in total. The molecule has 5 heteroatoms. The van der Waals surface area contributed by atoms with Crippen LogP contribution < -0.4 is 0 Å². The second-order valence-corrected chi connectivity index (χ2v) is 2.65. The van der Waals surface area contributed by atoms with E-state index in [2.05, 4.69) is 11.6 Å². The first-order chi connectivity index (χ1) is 6.45. The third-order valence-corrected chi connectivity index (χ3v) is 1.63. The van der Waals surface area contributed by atoms with Gasteiger partial charge in [-0.25, -0.2) is 0 Å². The summed E-state index contributed by atoms with van der Waals surface area (Å²) in [5, 5.41) is 9.17. The van der Waals surface area contributed by atoms with Gasteiger partial charge < -0.3 is 5.11 Å². The summed E-state index contributed by atoms with van der Waals surface area (Å²) in [4.78, 5) is 3.60. The fraction of sp³-hybridized carbons (Fsp3) is 0.222. The van der Waals surface area contributed by atoms with Gasteiger partial charge in [-0.1, -0.05) is 6.08 Å². The Morgan fingerprint density at radius 1 is 1.50 bits per heavy atom. The van der Waals surface area contributed by atoms with Crippen LogP contribution in [-0.4, -0.2) is 10.1 Å². The molecule has 1 unspecified atom stereocenters. The largest absolute Gasteiger partial charge is 0.416 e. The molecule has 0 amide bonds. The van der Waals surface area contributed by atoms with Crippen molar-refractivity contribution in [2.75, 3.05) is 0 Å². The van der Waals surface area contributed by atoms with E-state index in [-0.39, 0.29) is 5.69 Å². The van der Waals surface area contributed by atoms with Gasteiger partial charge in [-0.3, -0.25) is 4.98 Å². The van der Waals surface area contributed by atoms with E-state index in [0.717, 1.165) is 24.4 Å². The van der Waals surface area contributed by atoms with Crippen molar-refractivity contribution in [3.8, 4) is 0 Å². The van der Waals surface area contributed by atoms with E-state index in [1.807, 2.05) is 0 Å². The van der Waals surface area contributed by atoms with Crippen molar-refractivity contribution >= 4 is 0 Å². The van der Waals surface area contributed by atoms with Crippen LogP contribution in [0.5, 0.6) is 0 Å². The second-order valence-electron chi connectivity index (χ2n) is 2.65. The molecule has 1 atom stereocenters. The Bertz CT molecular complexity index is 335. The smallest absolute Gasteiger partial charge is 0.383 e. The highest BCUT2D eigenvalue weighted by Gasteiger charge is 2.30. The Labute approximate surface area is 78.7 Å². The van der Waals surface area contributed by atoms with Crippen molar-refractivity contribution in [2.24, 2.45) is 0 Å². The van der Waals surface area contributed by atoms with Crippen molar-refractivity contribution in [3.05, 3.63) is 42.2 Å². The van der Waals surface area contributed by atoms with Gasteiger partial charge in [-0.15, -0.1) is 6.58 Å². The molecule has 0 aliphatic rings. The molecule has 0 aromatic carbocycles. The molecule has 0 spiro atoms. The van der Waals surface area contributed by atoms with Gasteiger partial charge in [0.25, 0.3) is 0 Å². The number of rotatable bonds is 2. The molecular formula is C9H8F3NO. The van der Waals surface area contributed by atoms with Crippen LogP contribution in [0.15, 0.2) is 31.0 Å². The Balaban J connectivity index is 3.07. The van der Waals surface area contributed by atoms with E-state index in [0.29, 0.717) is 0 Å². The van der Waals surface area contributed by atoms with E-state index in [1.165, 1.54) is 0 Å². The summed E-state index contributed by atoms with van der Waals surface area (Å²) in [6.45, 7) is 3.26. The fourth-order valence-corrected chi connectivity index (χ4v) is 0.907. The number of alkyl halides is 3. The van der Waals surface area contributed by atoms with Crippen LogP contribution in [0.4, 0.5) is 13.2 Å². The highest BCUT2D eigenvalue weighted by Crippen LogP contribution is 2.29. The van der Waals surface area contributed by atoms with Gasteiger partial charge in [-0.2, -0.15) is 13.2 Å². The Kier molecular flexibility index (Phi) is 2.90. The Morgan fingerprint density at radius 3 is 2.64 bits per heavy atom. The minimum absolute atomic E-state index is 0.0603. The number of hydrogen-bond acceptors (Lipinski definition) is 2. The SMILES string of the molecule is C=CC(O)c1cc(C(F)(F)F)ccn1. The quantitative estimate of drug-likeness (QED) is 0.748. The lowest BCUT2D eigenvalue weighted by Gasteiger charge is -2.09. The zero-order chi connectivity index (χ0) is 10.8. The molecule has 0 saturated heterocycles. The van der Waals surface area contributed by atoms with Gasteiger partial charge in [0.1, 0.15) is 6.10 Å². The average Bonchev–Trinajstić information content (AvgIpc) is 2.15. The van der Waals surface area contributed by atoms with Crippen molar-refractivity contribution in [3.63, 3.8) is 0 Å². The summed E-state index contributed by atoms with van der Waals surface area (Å²) in [5.41, 5.74) is -0.891. The van der Waals surface area contributed by atoms with Gasteiger partial charge in [-0.05, 0) is 12.1 Å². The first-order valence-corrected chi connectivity index (χ1v) is 3.79. The summed E-state index contributed by atoms with van der Waals surface area (Å²) in [6, 6.07) is 1.64. The van der Waals surface area contributed by atoms with Crippen LogP contribution in [0.3, 0.4) is 0 Å². The molecule has 1 heterocycles. The molecule has 76 valence electrons. The maximum absolute atomic E-state index is 12.2. The maximum atomic E-state index is 12.2. The molecule has 14 heavy (non-hydrogen) atoms. The molecular weight excluding hydrogens is 195 g/mol. The van der Waals surface area contributed by atoms with Crippen LogP contribution >= 0.6 is 0 Å². The van der Waals surface area contributed by atoms with Gasteiger partial charge >= 0.3 is 6.18 Å². The van der Waals surface area contributed by atoms with Gasteiger partial charge in [0.2, 0.25) is 0 Å². The molecule has 1 rings (SSSR count). The molecule has 0 bridgehead atoms. The number of pyridine rings is 1. The highest BCUT2D eigenvalue weighted by atomic mass is 19.4. The molecule has 0 radical (unpaired) electrons. The molecule has 0 aliphatic heterocycles. The first-order valence-electron chi connectivity index (χ1n) is 3.79. The van der Waals surface area contributed by atoms with Gasteiger partial charge in [0, 0.05) is 6.20 Å². The predicted molar refractivity (Wildman–Crippen MR) is 44.4 cm³/mol. The van der Waals surface area contributed by atoms with Gasteiger partial charge in [0.15, 0.2) is 0 Å². The van der Waals surface area contributed by atoms with E-state index < -0.39 is 17.8 Å². The highest BCUT2D eigenvalue weighted by molar-refractivity contribution is 5.22. The minimum Gasteiger partial charge on any atom is -0.383 e. The lowest BCUT2D eigenvalue weighted by Crippen LogP contribution is -2.07. The monoisotopic (exact) mass is 203 g/mol. The Morgan fingerprint density at radius 2 is 2.14 bits per heavy atom. The Hall–Kier alpha value is -1.36. The van der Waals surface area contributed by atoms with E-state index >= 15 is 0 Å². The van der Waals surface area contributed by atoms with E-state index in [9.17, 15) is 18.3 Å². The zero-order valence-corrected chi connectivity index (χ0v) is 7.12. The zero-order valence-electron chi connectivity index (χ0n) is 7.12. The molecule has 0 aliphatic carbocycles. The molecule has 2 nitrogen and oxygen atoms in total. The standard InChI is InChI=1S/C9H8F3NO/c1-2-8(14)7-5-6(3-4-13-7)9(10,11)12/h2-5,8,14H,1H2. The number of halogens is 3. The van der Waals surface area contributed by atoms with Crippen LogP contribution in [-0.2, 0) is 6.18 Å². The van der Waals surface area contributed by atoms with Crippen molar-refractivity contribution in [2.45, 2.75) is 12.3 Å². The minimum atomic E-state index is -4.42. The number of aliphatic hydroxyl groups excluding tert-OH is 1. The first kappa shape index (κ1) is 10.7. The molecule has 0 fully saturated rings. The van der Waals surface area contributed by atoms with E-state index in [4.69, 9.17) is 0 Å². The lowest BCUT2D eigenvalue weighted by atomic mass is 10.1. The van der Waals surface area contributed by atoms with Crippen molar-refractivity contribution in [1.82, 2.24) is 4.98 Å². The maximum Gasteiger partial charge on any atom is 0.416 e. The second kappa shape index (κ2) is 3.79. The fourth-order valence-electron chi connectivity index (χ4n) is 0.907. The molecule has 0 saturated carbocycles. The van der Waals surface area contributed by atoms with Crippen molar-refractivity contribution in [1.29, 1.82) is 0 Å². The van der Waals surface area contributed by atoms with Crippen LogP contribution in [0, 0.1) is 0 Å². The third kappa shape index (κ3) is 2.32. The summed E-state index contributed by atoms with van der Waals surface area (Å²) in [7, 11) is 0. The predicted octanol–water partition coefficient (Wildman–Crippen LogP) is 2.32. The number of aromatic nitrogens is 1. The van der Waals surface area contributed by atoms with Crippen LogP contribution in [0.25, 0.3) is 0 Å². The summed E-state index contributed by atoms with van der Waals surface area (Å²) in [6.07, 6.45) is -3.47. The summed E-state index contributed by atoms with van der Waals surface area (Å²) in [5.74, 6) is 0. The third-order valence-electron chi connectivity index (χ3n) is 1.63. The van der Waals surface area contributed by atoms with Crippen LogP contribution in [0.1, 0.15) is 17.4 Å². The average molecular weight is 203 g/mol. The topological polar surface area (TPSA) is 33.1 Å². The number of nitrogens with zero attached hydrogens (tertiary/aromatic N) is 1. The normalized spacial score (nSPS) is 13.7. The van der Waals surface area contributed by atoms with Crippen LogP contribution in [0.2, 0.25) is 0 Å². The van der Waals surface area contributed by atoms with Gasteiger partial charge in [0.05, 0.1) is 11.3 Å².